The molecule has 1 unspecified atom stereocenters. The van der Waals surface area contributed by atoms with E-state index in [4.69, 9.17) is 0 Å². The SMILES string of the molecule is CCNCC(C)S(=O)(=O)N1CCC(CN2CCCC2)CC1. The fourth-order valence-electron chi connectivity index (χ4n) is 3.38. The lowest BCUT2D eigenvalue weighted by atomic mass is 9.98. The Morgan fingerprint density at radius 1 is 1.14 bits per heavy atom. The molecule has 5 nitrogen and oxygen atoms in total. The van der Waals surface area contributed by atoms with Gasteiger partial charge in [-0.15, -0.1) is 0 Å². The molecule has 21 heavy (non-hydrogen) atoms. The highest BCUT2D eigenvalue weighted by molar-refractivity contribution is 7.89. The molecule has 0 radical (unpaired) electrons. The second-order valence-corrected chi connectivity index (χ2v) is 8.86. The molecule has 0 saturated carbocycles. The number of nitrogens with zero attached hydrogens (tertiary/aromatic N) is 2. The van der Waals surface area contributed by atoms with E-state index >= 15 is 0 Å². The van der Waals surface area contributed by atoms with E-state index in [1.807, 2.05) is 13.8 Å². The zero-order chi connectivity index (χ0) is 15.3. The van der Waals surface area contributed by atoms with Gasteiger partial charge >= 0.3 is 0 Å². The summed E-state index contributed by atoms with van der Waals surface area (Å²) in [4.78, 5) is 2.54. The second-order valence-electron chi connectivity index (χ2n) is 6.51. The van der Waals surface area contributed by atoms with Crippen LogP contribution in [0.3, 0.4) is 0 Å². The number of likely N-dealkylation sites (tertiary alicyclic amines) is 1. The number of sulfonamides is 1. The van der Waals surface area contributed by atoms with E-state index in [9.17, 15) is 8.42 Å². The average molecular weight is 317 g/mol. The van der Waals surface area contributed by atoms with Crippen molar-refractivity contribution in [3.8, 4) is 0 Å². The van der Waals surface area contributed by atoms with Crippen molar-refractivity contribution in [1.29, 1.82) is 0 Å². The van der Waals surface area contributed by atoms with Crippen LogP contribution in [0, 0.1) is 5.92 Å². The van der Waals surface area contributed by atoms with Gasteiger partial charge in [-0.1, -0.05) is 6.92 Å². The molecule has 6 heteroatoms. The molecule has 2 saturated heterocycles. The molecule has 0 amide bonds. The maximum Gasteiger partial charge on any atom is 0.217 e. The van der Waals surface area contributed by atoms with Gasteiger partial charge in [0.1, 0.15) is 0 Å². The summed E-state index contributed by atoms with van der Waals surface area (Å²) < 4.78 is 26.8. The molecule has 0 aromatic carbocycles. The molecule has 0 aromatic heterocycles. The summed E-state index contributed by atoms with van der Waals surface area (Å²) in [6, 6.07) is 0. The Bertz CT molecular complexity index is 399. The average Bonchev–Trinajstić information content (AvgIpc) is 2.98. The van der Waals surface area contributed by atoms with E-state index in [0.29, 0.717) is 25.6 Å². The summed E-state index contributed by atoms with van der Waals surface area (Å²) in [6.45, 7) is 10.2. The van der Waals surface area contributed by atoms with Crippen LogP contribution in [0.5, 0.6) is 0 Å². The molecule has 1 atom stereocenters. The topological polar surface area (TPSA) is 52.7 Å². The van der Waals surface area contributed by atoms with Gasteiger partial charge < -0.3 is 10.2 Å². The third-order valence-electron chi connectivity index (χ3n) is 4.84. The van der Waals surface area contributed by atoms with Crippen LogP contribution in [0.15, 0.2) is 0 Å². The summed E-state index contributed by atoms with van der Waals surface area (Å²) in [5, 5.41) is 2.81. The number of hydrogen-bond acceptors (Lipinski definition) is 4. The third kappa shape index (κ3) is 4.65. The molecule has 2 aliphatic heterocycles. The standard InChI is InChI=1S/C15H31N3O2S/c1-3-16-12-14(2)21(19,20)18-10-6-15(7-11-18)13-17-8-4-5-9-17/h14-16H,3-13H2,1-2H3. The minimum absolute atomic E-state index is 0.326. The predicted molar refractivity (Wildman–Crippen MR) is 86.9 cm³/mol. The Labute approximate surface area is 130 Å². The molecule has 2 aliphatic rings. The van der Waals surface area contributed by atoms with Crippen molar-refractivity contribution in [3.63, 3.8) is 0 Å². The summed E-state index contributed by atoms with van der Waals surface area (Å²) in [5.41, 5.74) is 0. The molecule has 2 fully saturated rings. The summed E-state index contributed by atoms with van der Waals surface area (Å²) in [6.07, 6.45) is 4.69. The Hall–Kier alpha value is -0.170. The molecule has 2 heterocycles. The van der Waals surface area contributed by atoms with Gasteiger partial charge in [-0.3, -0.25) is 0 Å². The van der Waals surface area contributed by atoms with Crippen LogP contribution in [-0.2, 0) is 10.0 Å². The van der Waals surface area contributed by atoms with Gasteiger partial charge in [0.05, 0.1) is 5.25 Å². The van der Waals surface area contributed by atoms with Gasteiger partial charge in [0.25, 0.3) is 0 Å². The van der Waals surface area contributed by atoms with Crippen LogP contribution < -0.4 is 5.32 Å². The van der Waals surface area contributed by atoms with Crippen molar-refractivity contribution in [2.45, 2.75) is 44.8 Å². The van der Waals surface area contributed by atoms with Gasteiger partial charge in [0.15, 0.2) is 0 Å². The number of rotatable bonds is 7. The zero-order valence-electron chi connectivity index (χ0n) is 13.6. The summed E-state index contributed by atoms with van der Waals surface area (Å²) in [5.74, 6) is 0.679. The Balaban J connectivity index is 1.79. The molecule has 124 valence electrons. The number of hydrogen-bond donors (Lipinski definition) is 1. The maximum atomic E-state index is 12.5. The van der Waals surface area contributed by atoms with Gasteiger partial charge in [-0.2, -0.15) is 0 Å². The molecular weight excluding hydrogens is 286 g/mol. The Kier molecular flexibility index (Phi) is 6.47. The van der Waals surface area contributed by atoms with Crippen molar-refractivity contribution in [2.75, 3.05) is 45.8 Å². The van der Waals surface area contributed by atoms with Crippen molar-refractivity contribution in [1.82, 2.24) is 14.5 Å². The molecule has 1 N–H and O–H groups in total. The quantitative estimate of drug-likeness (QED) is 0.764. The fraction of sp³-hybridized carbons (Fsp3) is 1.00. The van der Waals surface area contributed by atoms with E-state index in [0.717, 1.165) is 19.4 Å². The van der Waals surface area contributed by atoms with Crippen LogP contribution in [-0.4, -0.2) is 68.7 Å². The zero-order valence-corrected chi connectivity index (χ0v) is 14.4. The first-order chi connectivity index (χ1) is 10.0. The van der Waals surface area contributed by atoms with E-state index in [-0.39, 0.29) is 5.25 Å². The lowest BCUT2D eigenvalue weighted by Crippen LogP contribution is -2.46. The van der Waals surface area contributed by atoms with Crippen LogP contribution in [0.25, 0.3) is 0 Å². The largest absolute Gasteiger partial charge is 0.316 e. The molecule has 0 spiro atoms. The Morgan fingerprint density at radius 2 is 1.76 bits per heavy atom. The molecule has 0 aromatic rings. The highest BCUT2D eigenvalue weighted by atomic mass is 32.2. The summed E-state index contributed by atoms with van der Waals surface area (Å²) >= 11 is 0. The van der Waals surface area contributed by atoms with Gasteiger partial charge in [0, 0.05) is 26.2 Å². The minimum Gasteiger partial charge on any atom is -0.316 e. The highest BCUT2D eigenvalue weighted by Crippen LogP contribution is 2.23. The maximum absolute atomic E-state index is 12.5. The minimum atomic E-state index is -3.13. The first-order valence-electron chi connectivity index (χ1n) is 8.46. The molecule has 0 aliphatic carbocycles. The lowest BCUT2D eigenvalue weighted by molar-refractivity contribution is 0.205. The smallest absolute Gasteiger partial charge is 0.217 e. The Morgan fingerprint density at radius 3 is 2.33 bits per heavy atom. The molecule has 2 rings (SSSR count). The molecule has 0 bridgehead atoms. The van der Waals surface area contributed by atoms with Crippen molar-refractivity contribution < 1.29 is 8.42 Å². The first-order valence-corrected chi connectivity index (χ1v) is 9.96. The van der Waals surface area contributed by atoms with Gasteiger partial charge in [-0.05, 0) is 58.2 Å². The lowest BCUT2D eigenvalue weighted by Gasteiger charge is -2.34. The van der Waals surface area contributed by atoms with Crippen molar-refractivity contribution in [2.24, 2.45) is 5.92 Å². The van der Waals surface area contributed by atoms with Crippen LogP contribution in [0.4, 0.5) is 0 Å². The predicted octanol–water partition coefficient (Wildman–Crippen LogP) is 1.12. The second kappa shape index (κ2) is 7.90. The fourth-order valence-corrected chi connectivity index (χ4v) is 4.94. The highest BCUT2D eigenvalue weighted by Gasteiger charge is 2.32. The first kappa shape index (κ1) is 17.2. The van der Waals surface area contributed by atoms with Crippen LogP contribution in [0.2, 0.25) is 0 Å². The van der Waals surface area contributed by atoms with E-state index in [2.05, 4.69) is 10.2 Å². The monoisotopic (exact) mass is 317 g/mol. The number of nitrogens with one attached hydrogen (secondary N) is 1. The van der Waals surface area contributed by atoms with Crippen LogP contribution >= 0.6 is 0 Å². The van der Waals surface area contributed by atoms with Crippen molar-refractivity contribution >= 4 is 10.0 Å². The normalized spacial score (nSPS) is 24.5. The van der Waals surface area contributed by atoms with Gasteiger partial charge in [0.2, 0.25) is 10.0 Å². The van der Waals surface area contributed by atoms with E-state index in [1.54, 1.807) is 4.31 Å². The van der Waals surface area contributed by atoms with E-state index in [1.165, 1.54) is 32.5 Å². The number of piperidine rings is 1. The van der Waals surface area contributed by atoms with E-state index < -0.39 is 10.0 Å². The van der Waals surface area contributed by atoms with Gasteiger partial charge in [-0.25, -0.2) is 12.7 Å². The molecular formula is C15H31N3O2S. The van der Waals surface area contributed by atoms with Crippen LogP contribution in [0.1, 0.15) is 39.5 Å². The summed E-state index contributed by atoms with van der Waals surface area (Å²) in [7, 11) is -3.13. The third-order valence-corrected chi connectivity index (χ3v) is 7.11. The van der Waals surface area contributed by atoms with Crippen molar-refractivity contribution in [3.05, 3.63) is 0 Å².